The summed E-state index contributed by atoms with van der Waals surface area (Å²) in [4.78, 5) is 4.96. The fraction of sp³-hybridized carbons (Fsp3) is 0.333. The number of halogens is 1. The summed E-state index contributed by atoms with van der Waals surface area (Å²) in [5.41, 5.74) is 5.35. The molecule has 6 rings (SSSR count). The van der Waals surface area contributed by atoms with Crippen LogP contribution in [0.4, 0.5) is 0 Å². The average Bonchev–Trinajstić information content (AvgIpc) is 3.36. The number of hydrogen-bond acceptors (Lipinski definition) is 4. The first-order valence-corrected chi connectivity index (χ1v) is 11.7. The second kappa shape index (κ2) is 7.80. The molecule has 1 unspecified atom stereocenters. The lowest BCUT2D eigenvalue weighted by molar-refractivity contribution is -0.0383. The monoisotopic (exact) mass is 478 g/mol. The summed E-state index contributed by atoms with van der Waals surface area (Å²) in [6.45, 7) is 2.42. The molecule has 2 aromatic heterocycles. The molecule has 158 valence electrons. The maximum atomic E-state index is 5.98. The van der Waals surface area contributed by atoms with Crippen LogP contribution in [0.2, 0.25) is 0 Å². The number of aromatic nitrogens is 4. The third kappa shape index (κ3) is 3.36. The summed E-state index contributed by atoms with van der Waals surface area (Å²) >= 11 is 3.59. The van der Waals surface area contributed by atoms with E-state index in [1.165, 1.54) is 6.42 Å². The van der Waals surface area contributed by atoms with E-state index >= 15 is 0 Å². The minimum absolute atomic E-state index is 0.0288. The zero-order chi connectivity index (χ0) is 20.8. The van der Waals surface area contributed by atoms with E-state index in [1.807, 2.05) is 16.9 Å². The Balaban J connectivity index is 1.38. The molecule has 6 nitrogen and oxygen atoms in total. The van der Waals surface area contributed by atoms with Crippen LogP contribution in [0.3, 0.4) is 0 Å². The number of ether oxygens (including phenoxy) is 2. The van der Waals surface area contributed by atoms with Crippen LogP contribution in [-0.2, 0) is 11.3 Å². The predicted octanol–water partition coefficient (Wildman–Crippen LogP) is 5.81. The highest BCUT2D eigenvalue weighted by molar-refractivity contribution is 9.10. The molecule has 0 bridgehead atoms. The highest BCUT2D eigenvalue weighted by Gasteiger charge is 2.21. The minimum Gasteiger partial charge on any atom is -0.491 e. The van der Waals surface area contributed by atoms with Gasteiger partial charge in [-0.15, -0.1) is 0 Å². The highest BCUT2D eigenvalue weighted by atomic mass is 79.9. The molecule has 0 aliphatic carbocycles. The van der Waals surface area contributed by atoms with E-state index in [2.05, 4.69) is 62.0 Å². The van der Waals surface area contributed by atoms with Crippen LogP contribution < -0.4 is 4.74 Å². The molecule has 0 amide bonds. The Morgan fingerprint density at radius 3 is 2.68 bits per heavy atom. The molecule has 2 aromatic carbocycles. The first kappa shape index (κ1) is 19.1. The maximum absolute atomic E-state index is 5.98. The normalized spacial score (nSPS) is 18.7. The fourth-order valence-corrected chi connectivity index (χ4v) is 5.05. The van der Waals surface area contributed by atoms with E-state index < -0.39 is 0 Å². The summed E-state index contributed by atoms with van der Waals surface area (Å²) in [5.74, 6) is 1.88. The SMILES string of the molecule is Brc1cc2c3c(c1)nc(-c1ccc(-c4ccnn4C4CCCCO4)cc1)n3CCCO2. The smallest absolute Gasteiger partial charge is 0.150 e. The molecule has 4 aromatic rings. The van der Waals surface area contributed by atoms with Crippen molar-refractivity contribution in [3.63, 3.8) is 0 Å². The van der Waals surface area contributed by atoms with Crippen LogP contribution in [-0.4, -0.2) is 32.5 Å². The van der Waals surface area contributed by atoms with Crippen LogP contribution in [0, 0.1) is 0 Å². The quantitative estimate of drug-likeness (QED) is 0.372. The molecule has 0 N–H and O–H groups in total. The van der Waals surface area contributed by atoms with Gasteiger partial charge in [-0.2, -0.15) is 5.10 Å². The number of hydrogen-bond donors (Lipinski definition) is 0. The number of aryl methyl sites for hydroxylation is 1. The van der Waals surface area contributed by atoms with Crippen molar-refractivity contribution in [3.8, 4) is 28.4 Å². The lowest BCUT2D eigenvalue weighted by Gasteiger charge is -2.24. The van der Waals surface area contributed by atoms with Crippen LogP contribution in [0.15, 0.2) is 53.1 Å². The van der Waals surface area contributed by atoms with Gasteiger partial charge in [-0.3, -0.25) is 0 Å². The van der Waals surface area contributed by atoms with Crippen LogP contribution >= 0.6 is 15.9 Å². The van der Waals surface area contributed by atoms with Crippen molar-refractivity contribution in [1.29, 1.82) is 0 Å². The summed E-state index contributed by atoms with van der Waals surface area (Å²) in [5, 5.41) is 4.55. The molecule has 0 spiro atoms. The van der Waals surface area contributed by atoms with Crippen LogP contribution in [0.5, 0.6) is 5.75 Å². The van der Waals surface area contributed by atoms with Crippen LogP contribution in [0.1, 0.15) is 31.9 Å². The van der Waals surface area contributed by atoms with E-state index in [4.69, 9.17) is 14.5 Å². The molecular formula is C24H23BrN4O2. The molecule has 1 atom stereocenters. The number of benzene rings is 2. The summed E-state index contributed by atoms with van der Waals surface area (Å²) in [7, 11) is 0. The summed E-state index contributed by atoms with van der Waals surface area (Å²) in [6, 6.07) is 14.8. The Labute approximate surface area is 188 Å². The molecule has 2 aliphatic rings. The topological polar surface area (TPSA) is 54.1 Å². The number of rotatable bonds is 3. The van der Waals surface area contributed by atoms with Gasteiger partial charge in [-0.05, 0) is 49.4 Å². The minimum atomic E-state index is 0.0288. The van der Waals surface area contributed by atoms with Gasteiger partial charge in [0.05, 0.1) is 17.8 Å². The molecular weight excluding hydrogens is 456 g/mol. The van der Waals surface area contributed by atoms with Gasteiger partial charge in [0, 0.05) is 29.4 Å². The van der Waals surface area contributed by atoms with Crippen molar-refractivity contribution in [2.45, 2.75) is 38.5 Å². The third-order valence-corrected chi connectivity index (χ3v) is 6.55. The second-order valence-electron chi connectivity index (χ2n) is 8.12. The van der Waals surface area contributed by atoms with Gasteiger partial charge in [-0.25, -0.2) is 9.67 Å². The molecule has 31 heavy (non-hydrogen) atoms. The Bertz CT molecular complexity index is 1240. The third-order valence-electron chi connectivity index (χ3n) is 6.09. The molecule has 4 heterocycles. The van der Waals surface area contributed by atoms with Crippen molar-refractivity contribution in [1.82, 2.24) is 19.3 Å². The van der Waals surface area contributed by atoms with E-state index in [9.17, 15) is 0 Å². The highest BCUT2D eigenvalue weighted by Crippen LogP contribution is 2.36. The van der Waals surface area contributed by atoms with Crippen LogP contribution in [0.25, 0.3) is 33.7 Å². The first-order chi connectivity index (χ1) is 15.3. The second-order valence-corrected chi connectivity index (χ2v) is 9.04. The first-order valence-electron chi connectivity index (χ1n) is 10.9. The Morgan fingerprint density at radius 2 is 1.84 bits per heavy atom. The van der Waals surface area contributed by atoms with Crippen molar-refractivity contribution >= 4 is 27.0 Å². The Kier molecular flexibility index (Phi) is 4.80. The standard InChI is InChI=1S/C24H23BrN4O2/c25-18-14-19-23-21(15-18)30-13-3-11-28(23)24(27-19)17-7-5-16(6-8-17)20-9-10-26-29(20)22-4-1-2-12-31-22/h5-10,14-15,22H,1-4,11-13H2. The van der Waals surface area contributed by atoms with Gasteiger partial charge in [0.2, 0.25) is 0 Å². The molecule has 7 heteroatoms. The molecule has 0 saturated carbocycles. The van der Waals surface area contributed by atoms with E-state index in [1.54, 1.807) is 0 Å². The van der Waals surface area contributed by atoms with Crippen molar-refractivity contribution < 1.29 is 9.47 Å². The Morgan fingerprint density at radius 1 is 0.968 bits per heavy atom. The van der Waals surface area contributed by atoms with Gasteiger partial charge >= 0.3 is 0 Å². The van der Waals surface area contributed by atoms with Crippen molar-refractivity contribution in [2.75, 3.05) is 13.2 Å². The van der Waals surface area contributed by atoms with Gasteiger partial charge in [0.1, 0.15) is 17.1 Å². The molecule has 1 fully saturated rings. The van der Waals surface area contributed by atoms with E-state index in [-0.39, 0.29) is 6.23 Å². The van der Waals surface area contributed by atoms with E-state index in [0.717, 1.165) is 82.9 Å². The lowest BCUT2D eigenvalue weighted by Crippen LogP contribution is -2.19. The molecule has 1 saturated heterocycles. The largest absolute Gasteiger partial charge is 0.491 e. The number of nitrogens with zero attached hydrogens (tertiary/aromatic N) is 4. The average molecular weight is 479 g/mol. The number of imidazole rings is 1. The summed E-state index contributed by atoms with van der Waals surface area (Å²) in [6.07, 6.45) is 6.17. The lowest BCUT2D eigenvalue weighted by atomic mass is 10.1. The van der Waals surface area contributed by atoms with Crippen molar-refractivity contribution in [2.24, 2.45) is 0 Å². The summed E-state index contributed by atoms with van der Waals surface area (Å²) < 4.78 is 17.2. The predicted molar refractivity (Wildman–Crippen MR) is 123 cm³/mol. The zero-order valence-electron chi connectivity index (χ0n) is 17.1. The van der Waals surface area contributed by atoms with Gasteiger partial charge in [0.25, 0.3) is 0 Å². The van der Waals surface area contributed by atoms with Gasteiger partial charge < -0.3 is 14.0 Å². The van der Waals surface area contributed by atoms with Crippen molar-refractivity contribution in [3.05, 3.63) is 53.1 Å². The fourth-order valence-electron chi connectivity index (χ4n) is 4.63. The van der Waals surface area contributed by atoms with Gasteiger partial charge in [-0.1, -0.05) is 40.2 Å². The zero-order valence-corrected chi connectivity index (χ0v) is 18.7. The Hall–Kier alpha value is -2.64. The molecule has 2 aliphatic heterocycles. The van der Waals surface area contributed by atoms with Gasteiger partial charge in [0.15, 0.2) is 6.23 Å². The molecule has 0 radical (unpaired) electrons. The maximum Gasteiger partial charge on any atom is 0.150 e. The van der Waals surface area contributed by atoms with E-state index in [0.29, 0.717) is 0 Å².